The number of nitrogens with one attached hydrogen (secondary N) is 1. The molecular formula is C19H20ClN5OS. The van der Waals surface area contributed by atoms with Gasteiger partial charge in [0.25, 0.3) is 0 Å². The van der Waals surface area contributed by atoms with Crippen LogP contribution in [0.1, 0.15) is 16.7 Å². The van der Waals surface area contributed by atoms with Gasteiger partial charge in [-0.05, 0) is 44.0 Å². The zero-order chi connectivity index (χ0) is 19.6. The summed E-state index contributed by atoms with van der Waals surface area (Å²) >= 11 is 7.41. The number of nitrogens with zero attached hydrogens (tertiary/aromatic N) is 3. The highest BCUT2D eigenvalue weighted by Crippen LogP contribution is 2.28. The number of carbonyl (C=O) groups is 1. The van der Waals surface area contributed by atoms with Crippen LogP contribution in [-0.2, 0) is 4.79 Å². The summed E-state index contributed by atoms with van der Waals surface area (Å²) < 4.78 is 1.35. The minimum atomic E-state index is -0.127. The van der Waals surface area contributed by atoms with E-state index in [1.807, 2.05) is 51.1 Å². The molecule has 0 atom stereocenters. The van der Waals surface area contributed by atoms with Gasteiger partial charge in [-0.1, -0.05) is 53.2 Å². The van der Waals surface area contributed by atoms with Crippen LogP contribution in [0.15, 0.2) is 41.6 Å². The third-order valence-corrected chi connectivity index (χ3v) is 5.33. The van der Waals surface area contributed by atoms with Crippen molar-refractivity contribution in [3.8, 4) is 11.4 Å². The molecule has 1 aromatic heterocycles. The van der Waals surface area contributed by atoms with Gasteiger partial charge in [-0.25, -0.2) is 4.68 Å². The predicted molar refractivity (Wildman–Crippen MR) is 111 cm³/mol. The monoisotopic (exact) mass is 401 g/mol. The van der Waals surface area contributed by atoms with Crippen molar-refractivity contribution in [1.82, 2.24) is 14.9 Å². The normalized spacial score (nSPS) is 10.8. The molecule has 0 spiro atoms. The Labute approximate surface area is 167 Å². The number of aromatic nitrogens is 3. The fraction of sp³-hybridized carbons (Fsp3) is 0.211. The molecule has 6 nitrogen and oxygen atoms in total. The van der Waals surface area contributed by atoms with Crippen LogP contribution in [0.4, 0.5) is 5.69 Å². The van der Waals surface area contributed by atoms with Crippen molar-refractivity contribution < 1.29 is 4.79 Å². The number of anilines is 1. The lowest BCUT2D eigenvalue weighted by atomic mass is 10.1. The number of thioether (sulfide) groups is 1. The molecule has 0 saturated carbocycles. The lowest BCUT2D eigenvalue weighted by molar-refractivity contribution is -0.113. The number of aryl methyl sites for hydroxylation is 3. The molecule has 0 aliphatic carbocycles. The maximum absolute atomic E-state index is 12.4. The predicted octanol–water partition coefficient (Wildman–Crippen LogP) is 3.97. The molecule has 27 heavy (non-hydrogen) atoms. The number of amides is 1. The SMILES string of the molecule is Cc1cc(C)c(NC(=O)CSc2nnc(-c3ccccc3Cl)n2N)c(C)c1. The first kappa shape index (κ1) is 19.3. The van der Waals surface area contributed by atoms with E-state index in [2.05, 4.69) is 15.5 Å². The largest absolute Gasteiger partial charge is 0.335 e. The van der Waals surface area contributed by atoms with Gasteiger partial charge >= 0.3 is 0 Å². The van der Waals surface area contributed by atoms with E-state index >= 15 is 0 Å². The molecule has 0 saturated heterocycles. The van der Waals surface area contributed by atoms with Crippen molar-refractivity contribution in [2.75, 3.05) is 16.9 Å². The minimum absolute atomic E-state index is 0.127. The molecule has 3 aromatic rings. The first-order valence-corrected chi connectivity index (χ1v) is 9.69. The lowest BCUT2D eigenvalue weighted by Gasteiger charge is -2.12. The summed E-state index contributed by atoms with van der Waals surface area (Å²) in [6.07, 6.45) is 0. The summed E-state index contributed by atoms with van der Waals surface area (Å²) in [4.78, 5) is 12.4. The average molecular weight is 402 g/mol. The van der Waals surface area contributed by atoms with Crippen molar-refractivity contribution in [2.24, 2.45) is 0 Å². The summed E-state index contributed by atoms with van der Waals surface area (Å²) in [6.45, 7) is 6.00. The summed E-state index contributed by atoms with van der Waals surface area (Å²) in [5, 5.41) is 12.1. The maximum Gasteiger partial charge on any atom is 0.234 e. The molecule has 2 aromatic carbocycles. The van der Waals surface area contributed by atoms with E-state index in [1.54, 1.807) is 6.07 Å². The fourth-order valence-corrected chi connectivity index (χ4v) is 3.76. The Morgan fingerprint density at radius 3 is 2.52 bits per heavy atom. The van der Waals surface area contributed by atoms with Gasteiger partial charge in [-0.3, -0.25) is 4.79 Å². The average Bonchev–Trinajstić information content (AvgIpc) is 2.97. The Bertz CT molecular complexity index is 979. The van der Waals surface area contributed by atoms with Crippen LogP contribution < -0.4 is 11.2 Å². The van der Waals surface area contributed by atoms with Crippen molar-refractivity contribution in [3.63, 3.8) is 0 Å². The van der Waals surface area contributed by atoms with Crippen molar-refractivity contribution in [1.29, 1.82) is 0 Å². The van der Waals surface area contributed by atoms with E-state index in [0.29, 0.717) is 21.6 Å². The van der Waals surface area contributed by atoms with Gasteiger partial charge < -0.3 is 11.2 Å². The zero-order valence-corrected chi connectivity index (χ0v) is 16.9. The number of benzene rings is 2. The van der Waals surface area contributed by atoms with E-state index in [1.165, 1.54) is 22.0 Å². The van der Waals surface area contributed by atoms with Crippen LogP contribution in [0.2, 0.25) is 5.02 Å². The Kier molecular flexibility index (Phi) is 5.72. The summed E-state index contributed by atoms with van der Waals surface area (Å²) in [5.41, 5.74) is 4.77. The first-order valence-electron chi connectivity index (χ1n) is 8.32. The number of rotatable bonds is 5. The Morgan fingerprint density at radius 1 is 1.19 bits per heavy atom. The maximum atomic E-state index is 12.4. The standard InChI is InChI=1S/C19H20ClN5OS/c1-11-8-12(2)17(13(3)9-11)22-16(26)10-27-19-24-23-18(25(19)21)14-6-4-5-7-15(14)20/h4-9H,10,21H2,1-3H3,(H,22,26). The quantitative estimate of drug-likeness (QED) is 0.499. The van der Waals surface area contributed by atoms with Gasteiger partial charge in [0.2, 0.25) is 11.1 Å². The Balaban J connectivity index is 1.69. The Hall–Kier alpha value is -2.51. The molecule has 3 rings (SSSR count). The second-order valence-corrected chi connectivity index (χ2v) is 7.62. The molecular weight excluding hydrogens is 382 g/mol. The molecule has 1 amide bonds. The molecule has 0 unspecified atom stereocenters. The van der Waals surface area contributed by atoms with Crippen LogP contribution in [0.3, 0.4) is 0 Å². The van der Waals surface area contributed by atoms with Gasteiger partial charge in [0, 0.05) is 11.3 Å². The number of halogens is 1. The number of hydrogen-bond acceptors (Lipinski definition) is 5. The van der Waals surface area contributed by atoms with Gasteiger partial charge in [0.05, 0.1) is 10.8 Å². The van der Waals surface area contributed by atoms with Gasteiger partial charge in [0.1, 0.15) is 0 Å². The minimum Gasteiger partial charge on any atom is -0.335 e. The molecule has 0 aliphatic heterocycles. The molecule has 140 valence electrons. The third-order valence-electron chi connectivity index (χ3n) is 4.05. The molecule has 0 fully saturated rings. The van der Waals surface area contributed by atoms with E-state index < -0.39 is 0 Å². The van der Waals surface area contributed by atoms with Gasteiger partial charge in [-0.15, -0.1) is 10.2 Å². The number of hydrogen-bond donors (Lipinski definition) is 2. The van der Waals surface area contributed by atoms with Gasteiger partial charge in [0.15, 0.2) is 5.82 Å². The number of nitrogens with two attached hydrogens (primary N) is 1. The highest BCUT2D eigenvalue weighted by Gasteiger charge is 2.16. The number of nitrogen functional groups attached to an aromatic ring is 1. The number of carbonyl (C=O) groups excluding carboxylic acids is 1. The van der Waals surface area contributed by atoms with Crippen LogP contribution >= 0.6 is 23.4 Å². The highest BCUT2D eigenvalue weighted by atomic mass is 35.5. The lowest BCUT2D eigenvalue weighted by Crippen LogP contribution is -2.17. The molecule has 1 heterocycles. The molecule has 8 heteroatoms. The Morgan fingerprint density at radius 2 is 1.85 bits per heavy atom. The summed E-state index contributed by atoms with van der Waals surface area (Å²) in [7, 11) is 0. The highest BCUT2D eigenvalue weighted by molar-refractivity contribution is 7.99. The van der Waals surface area contributed by atoms with Crippen molar-refractivity contribution in [2.45, 2.75) is 25.9 Å². The first-order chi connectivity index (χ1) is 12.9. The molecule has 0 aliphatic rings. The smallest absolute Gasteiger partial charge is 0.234 e. The van der Waals surface area contributed by atoms with E-state index in [9.17, 15) is 4.79 Å². The summed E-state index contributed by atoms with van der Waals surface area (Å²) in [5.74, 6) is 6.58. The molecule has 3 N–H and O–H groups in total. The zero-order valence-electron chi connectivity index (χ0n) is 15.3. The fourth-order valence-electron chi connectivity index (χ4n) is 2.88. The van der Waals surface area contributed by atoms with E-state index in [-0.39, 0.29) is 11.7 Å². The van der Waals surface area contributed by atoms with Crippen LogP contribution in [0.25, 0.3) is 11.4 Å². The topological polar surface area (TPSA) is 85.8 Å². The van der Waals surface area contributed by atoms with E-state index in [0.717, 1.165) is 16.8 Å². The second kappa shape index (κ2) is 8.02. The van der Waals surface area contributed by atoms with Crippen molar-refractivity contribution in [3.05, 3.63) is 58.1 Å². The summed E-state index contributed by atoms with van der Waals surface area (Å²) in [6, 6.07) is 11.3. The van der Waals surface area contributed by atoms with E-state index in [4.69, 9.17) is 17.4 Å². The van der Waals surface area contributed by atoms with Crippen LogP contribution in [-0.4, -0.2) is 26.5 Å². The second-order valence-electron chi connectivity index (χ2n) is 6.27. The molecule has 0 radical (unpaired) electrons. The van der Waals surface area contributed by atoms with Gasteiger partial charge in [-0.2, -0.15) is 0 Å². The van der Waals surface area contributed by atoms with Crippen LogP contribution in [0, 0.1) is 20.8 Å². The van der Waals surface area contributed by atoms with Crippen LogP contribution in [0.5, 0.6) is 0 Å². The van der Waals surface area contributed by atoms with Crippen molar-refractivity contribution >= 4 is 35.0 Å². The molecule has 0 bridgehead atoms. The third kappa shape index (κ3) is 4.26.